The molecule has 3 aromatic rings. The normalized spacial score (nSPS) is 11.2. The third kappa shape index (κ3) is 4.25. The predicted octanol–water partition coefficient (Wildman–Crippen LogP) is 3.61. The lowest BCUT2D eigenvalue weighted by Crippen LogP contribution is -2.14. The Morgan fingerprint density at radius 3 is 2.46 bits per heavy atom. The van der Waals surface area contributed by atoms with Crippen molar-refractivity contribution in [3.8, 4) is 17.2 Å². The molecule has 1 N–H and O–H groups in total. The maximum atomic E-state index is 14.4. The van der Waals surface area contributed by atoms with E-state index < -0.39 is 15.8 Å². The van der Waals surface area contributed by atoms with Crippen LogP contribution in [0.3, 0.4) is 0 Å². The lowest BCUT2D eigenvalue weighted by atomic mass is 10.3. The standard InChI is InChI=1S/C19H20FN3O4S/c1-3-26-18-9-7-15(13-19(18)27-4-2)28(24,25)22-14-6-8-17(16(20)12-14)23-11-5-10-21-23/h5-13,22H,3-4H2,1-2H3. The highest BCUT2D eigenvalue weighted by Crippen LogP contribution is 2.31. The van der Waals surface area contributed by atoms with Crippen molar-refractivity contribution in [3.05, 3.63) is 60.7 Å². The molecular weight excluding hydrogens is 385 g/mol. The van der Waals surface area contributed by atoms with Gasteiger partial charge in [0.2, 0.25) is 0 Å². The molecule has 0 saturated carbocycles. The Labute approximate surface area is 162 Å². The largest absolute Gasteiger partial charge is 0.490 e. The molecule has 28 heavy (non-hydrogen) atoms. The van der Waals surface area contributed by atoms with Crippen LogP contribution in [0.15, 0.2) is 59.8 Å². The average molecular weight is 405 g/mol. The summed E-state index contributed by atoms with van der Waals surface area (Å²) in [6.07, 6.45) is 3.12. The van der Waals surface area contributed by atoms with Crippen LogP contribution >= 0.6 is 0 Å². The summed E-state index contributed by atoms with van der Waals surface area (Å²) in [5.74, 6) is 0.177. The molecule has 2 aromatic carbocycles. The van der Waals surface area contributed by atoms with Crippen molar-refractivity contribution in [2.24, 2.45) is 0 Å². The van der Waals surface area contributed by atoms with Crippen molar-refractivity contribution >= 4 is 15.7 Å². The SMILES string of the molecule is CCOc1ccc(S(=O)(=O)Nc2ccc(-n3cccn3)c(F)c2)cc1OCC. The van der Waals surface area contributed by atoms with Crippen LogP contribution in [0.5, 0.6) is 11.5 Å². The number of hydrogen-bond donors (Lipinski definition) is 1. The molecule has 0 aliphatic heterocycles. The van der Waals surface area contributed by atoms with Crippen LogP contribution in [0.2, 0.25) is 0 Å². The third-order valence-electron chi connectivity index (χ3n) is 3.78. The number of rotatable bonds is 8. The van der Waals surface area contributed by atoms with E-state index in [0.29, 0.717) is 24.7 Å². The summed E-state index contributed by atoms with van der Waals surface area (Å²) in [5, 5.41) is 3.96. The van der Waals surface area contributed by atoms with Crippen LogP contribution < -0.4 is 14.2 Å². The van der Waals surface area contributed by atoms with Crippen molar-refractivity contribution in [3.63, 3.8) is 0 Å². The Balaban J connectivity index is 1.87. The van der Waals surface area contributed by atoms with E-state index >= 15 is 0 Å². The van der Waals surface area contributed by atoms with Gasteiger partial charge in [-0.3, -0.25) is 4.72 Å². The summed E-state index contributed by atoms with van der Waals surface area (Å²) >= 11 is 0. The number of anilines is 1. The number of benzene rings is 2. The molecule has 0 atom stereocenters. The van der Waals surface area contributed by atoms with Crippen molar-refractivity contribution in [1.82, 2.24) is 9.78 Å². The van der Waals surface area contributed by atoms with Crippen LogP contribution in [-0.2, 0) is 10.0 Å². The zero-order valence-corrected chi connectivity index (χ0v) is 16.2. The van der Waals surface area contributed by atoms with Gasteiger partial charge in [0.1, 0.15) is 5.69 Å². The van der Waals surface area contributed by atoms with E-state index in [-0.39, 0.29) is 16.3 Å². The van der Waals surface area contributed by atoms with Gasteiger partial charge in [0, 0.05) is 24.5 Å². The zero-order chi connectivity index (χ0) is 20.1. The summed E-state index contributed by atoms with van der Waals surface area (Å²) in [7, 11) is -3.94. The lowest BCUT2D eigenvalue weighted by molar-refractivity contribution is 0.287. The number of nitrogens with one attached hydrogen (secondary N) is 1. The van der Waals surface area contributed by atoms with Crippen LogP contribution in [-0.4, -0.2) is 31.4 Å². The number of nitrogens with zero attached hydrogens (tertiary/aromatic N) is 2. The van der Waals surface area contributed by atoms with E-state index in [1.54, 1.807) is 19.2 Å². The molecule has 1 heterocycles. The summed E-state index contributed by atoms with van der Waals surface area (Å²) in [5.41, 5.74) is 0.313. The number of aromatic nitrogens is 2. The van der Waals surface area contributed by atoms with Gasteiger partial charge < -0.3 is 9.47 Å². The molecule has 0 bridgehead atoms. The third-order valence-corrected chi connectivity index (χ3v) is 5.16. The first-order valence-electron chi connectivity index (χ1n) is 8.66. The summed E-state index contributed by atoms with van der Waals surface area (Å²) in [4.78, 5) is -0.0176. The Bertz CT molecular complexity index is 1050. The first-order valence-corrected chi connectivity index (χ1v) is 10.1. The van der Waals surface area contributed by atoms with Crippen molar-refractivity contribution in [2.75, 3.05) is 17.9 Å². The molecule has 3 rings (SSSR count). The van der Waals surface area contributed by atoms with Gasteiger partial charge in [-0.05, 0) is 44.2 Å². The molecule has 0 unspecified atom stereocenters. The Kier molecular flexibility index (Phi) is 5.84. The van der Waals surface area contributed by atoms with Crippen molar-refractivity contribution in [2.45, 2.75) is 18.7 Å². The van der Waals surface area contributed by atoms with Crippen LogP contribution in [0, 0.1) is 5.82 Å². The first-order chi connectivity index (χ1) is 13.4. The predicted molar refractivity (Wildman–Crippen MR) is 103 cm³/mol. The Hall–Kier alpha value is -3.07. The smallest absolute Gasteiger partial charge is 0.262 e. The summed E-state index contributed by atoms with van der Waals surface area (Å²) < 4.78 is 54.4. The molecule has 0 aliphatic rings. The second-order valence-electron chi connectivity index (χ2n) is 5.70. The summed E-state index contributed by atoms with van der Waals surface area (Å²) in [6.45, 7) is 4.39. The van der Waals surface area contributed by atoms with Gasteiger partial charge in [0.15, 0.2) is 17.3 Å². The molecule has 0 aliphatic carbocycles. The molecule has 0 spiro atoms. The second kappa shape index (κ2) is 8.30. The Morgan fingerprint density at radius 2 is 1.82 bits per heavy atom. The zero-order valence-electron chi connectivity index (χ0n) is 15.4. The topological polar surface area (TPSA) is 82.5 Å². The highest BCUT2D eigenvalue weighted by molar-refractivity contribution is 7.92. The first kappa shape index (κ1) is 19.7. The van der Waals surface area contributed by atoms with Gasteiger partial charge in [0.25, 0.3) is 10.0 Å². The summed E-state index contributed by atoms with van der Waals surface area (Å²) in [6, 6.07) is 10.0. The second-order valence-corrected chi connectivity index (χ2v) is 7.38. The molecule has 0 amide bonds. The number of halogens is 1. The molecule has 0 fully saturated rings. The van der Waals surface area contributed by atoms with Crippen LogP contribution in [0.25, 0.3) is 5.69 Å². The molecule has 9 heteroatoms. The van der Waals surface area contributed by atoms with E-state index in [2.05, 4.69) is 9.82 Å². The fourth-order valence-corrected chi connectivity index (χ4v) is 3.64. The quantitative estimate of drug-likeness (QED) is 0.619. The van der Waals surface area contributed by atoms with E-state index in [1.165, 1.54) is 41.2 Å². The van der Waals surface area contributed by atoms with E-state index in [1.807, 2.05) is 6.92 Å². The van der Waals surface area contributed by atoms with Crippen LogP contribution in [0.4, 0.5) is 10.1 Å². The lowest BCUT2D eigenvalue weighted by Gasteiger charge is -2.14. The van der Waals surface area contributed by atoms with E-state index in [0.717, 1.165) is 6.07 Å². The van der Waals surface area contributed by atoms with Gasteiger partial charge in [-0.1, -0.05) is 0 Å². The van der Waals surface area contributed by atoms with Gasteiger partial charge in [-0.25, -0.2) is 17.5 Å². The number of hydrogen-bond acceptors (Lipinski definition) is 5. The number of ether oxygens (including phenoxy) is 2. The van der Waals surface area contributed by atoms with Gasteiger partial charge in [-0.15, -0.1) is 0 Å². The Morgan fingerprint density at radius 1 is 1.07 bits per heavy atom. The molecule has 0 radical (unpaired) electrons. The van der Waals surface area contributed by atoms with E-state index in [9.17, 15) is 12.8 Å². The highest BCUT2D eigenvalue weighted by Gasteiger charge is 2.18. The van der Waals surface area contributed by atoms with Crippen molar-refractivity contribution in [1.29, 1.82) is 0 Å². The van der Waals surface area contributed by atoms with Gasteiger partial charge in [-0.2, -0.15) is 5.10 Å². The van der Waals surface area contributed by atoms with Gasteiger partial charge in [0.05, 0.1) is 23.8 Å². The number of sulfonamides is 1. The monoisotopic (exact) mass is 405 g/mol. The molecule has 1 aromatic heterocycles. The molecule has 0 saturated heterocycles. The molecule has 148 valence electrons. The minimum absolute atomic E-state index is 0.0176. The fourth-order valence-electron chi connectivity index (χ4n) is 2.58. The molecule has 7 nitrogen and oxygen atoms in total. The van der Waals surface area contributed by atoms with Crippen LogP contribution in [0.1, 0.15) is 13.8 Å². The van der Waals surface area contributed by atoms with Crippen molar-refractivity contribution < 1.29 is 22.3 Å². The maximum absolute atomic E-state index is 14.4. The highest BCUT2D eigenvalue weighted by atomic mass is 32.2. The fraction of sp³-hybridized carbons (Fsp3) is 0.211. The average Bonchev–Trinajstić information content (AvgIpc) is 3.17. The minimum atomic E-state index is -3.94. The minimum Gasteiger partial charge on any atom is -0.490 e. The maximum Gasteiger partial charge on any atom is 0.262 e. The van der Waals surface area contributed by atoms with Gasteiger partial charge >= 0.3 is 0 Å². The molecular formula is C19H20FN3O4S. The van der Waals surface area contributed by atoms with E-state index in [4.69, 9.17) is 9.47 Å².